The average Bonchev–Trinajstić information content (AvgIpc) is 2.31. The molecule has 0 aliphatic carbocycles. The van der Waals surface area contributed by atoms with Crippen LogP contribution in [0.3, 0.4) is 0 Å². The molecule has 80 valence electrons. The lowest BCUT2D eigenvalue weighted by Gasteiger charge is -2.04. The molecule has 0 bridgehead atoms. The smallest absolute Gasteiger partial charge is 0.334 e. The molecule has 4 nitrogen and oxygen atoms in total. The van der Waals surface area contributed by atoms with E-state index in [-0.39, 0.29) is 6.03 Å². The van der Waals surface area contributed by atoms with Gasteiger partial charge in [0, 0.05) is 7.05 Å². The van der Waals surface area contributed by atoms with Gasteiger partial charge in [0.25, 0.3) is 0 Å². The lowest BCUT2D eigenvalue weighted by Crippen LogP contribution is -2.29. The van der Waals surface area contributed by atoms with Crippen LogP contribution >= 0.6 is 0 Å². The fourth-order valence-corrected chi connectivity index (χ4v) is 1.15. The molecular weight excluding hydrogens is 190 g/mol. The van der Waals surface area contributed by atoms with Gasteiger partial charge in [-0.1, -0.05) is 37.3 Å². The summed E-state index contributed by atoms with van der Waals surface area (Å²) in [6, 6.07) is 9.46. The molecule has 0 fully saturated rings. The molecule has 2 N–H and O–H groups in total. The highest BCUT2D eigenvalue weighted by atomic mass is 16.2. The van der Waals surface area contributed by atoms with Crippen molar-refractivity contribution < 1.29 is 4.79 Å². The Morgan fingerprint density at radius 3 is 2.53 bits per heavy atom. The molecule has 15 heavy (non-hydrogen) atoms. The number of hydrogen-bond acceptors (Lipinski definition) is 2. The van der Waals surface area contributed by atoms with Gasteiger partial charge >= 0.3 is 6.03 Å². The highest BCUT2D eigenvalue weighted by molar-refractivity contribution is 6.00. The zero-order chi connectivity index (χ0) is 11.1. The molecule has 1 aromatic rings. The van der Waals surface area contributed by atoms with Crippen LogP contribution in [0.15, 0.2) is 35.4 Å². The summed E-state index contributed by atoms with van der Waals surface area (Å²) in [6.45, 7) is 2.00. The number of nitrogens with zero attached hydrogens (tertiary/aromatic N) is 1. The van der Waals surface area contributed by atoms with Gasteiger partial charge in [-0.2, -0.15) is 5.10 Å². The van der Waals surface area contributed by atoms with Crippen molar-refractivity contribution in [2.24, 2.45) is 5.10 Å². The third-order valence-electron chi connectivity index (χ3n) is 1.96. The number of hydrazone groups is 1. The summed E-state index contributed by atoms with van der Waals surface area (Å²) in [5, 5.41) is 6.48. The van der Waals surface area contributed by atoms with Gasteiger partial charge in [0.1, 0.15) is 0 Å². The van der Waals surface area contributed by atoms with E-state index in [1.165, 1.54) is 0 Å². The second-order valence-corrected chi connectivity index (χ2v) is 2.97. The number of carbonyl (C=O) groups is 1. The Labute approximate surface area is 89.4 Å². The predicted molar refractivity (Wildman–Crippen MR) is 60.9 cm³/mol. The molecule has 1 rings (SSSR count). The van der Waals surface area contributed by atoms with Gasteiger partial charge in [0.05, 0.1) is 5.71 Å². The van der Waals surface area contributed by atoms with Gasteiger partial charge < -0.3 is 5.32 Å². The molecule has 0 aliphatic rings. The number of benzene rings is 1. The van der Waals surface area contributed by atoms with Crippen molar-refractivity contribution in [1.29, 1.82) is 0 Å². The lowest BCUT2D eigenvalue weighted by molar-refractivity contribution is 0.243. The lowest BCUT2D eigenvalue weighted by atomic mass is 10.1. The SMILES string of the molecule is CC/C(=N\NC(=O)NC)c1ccccc1. The Bertz CT molecular complexity index is 346. The molecule has 4 heteroatoms. The fourth-order valence-electron chi connectivity index (χ4n) is 1.15. The third kappa shape index (κ3) is 3.42. The average molecular weight is 205 g/mol. The molecule has 2 amide bonds. The van der Waals surface area contributed by atoms with E-state index in [0.717, 1.165) is 17.7 Å². The number of amides is 2. The van der Waals surface area contributed by atoms with Crippen molar-refractivity contribution in [3.63, 3.8) is 0 Å². The third-order valence-corrected chi connectivity index (χ3v) is 1.96. The zero-order valence-corrected chi connectivity index (χ0v) is 8.95. The van der Waals surface area contributed by atoms with E-state index in [2.05, 4.69) is 15.8 Å². The van der Waals surface area contributed by atoms with Crippen LogP contribution in [-0.2, 0) is 0 Å². The Kier molecular flexibility index (Phi) is 4.34. The molecule has 0 spiro atoms. The van der Waals surface area contributed by atoms with Crippen LogP contribution in [0.2, 0.25) is 0 Å². The maximum absolute atomic E-state index is 10.9. The maximum atomic E-state index is 10.9. The maximum Gasteiger partial charge on any atom is 0.334 e. The highest BCUT2D eigenvalue weighted by Gasteiger charge is 2.00. The van der Waals surface area contributed by atoms with Crippen molar-refractivity contribution in [3.8, 4) is 0 Å². The van der Waals surface area contributed by atoms with Crippen LogP contribution in [0.4, 0.5) is 4.79 Å². The molecule has 0 aromatic heterocycles. The van der Waals surface area contributed by atoms with Crippen molar-refractivity contribution in [2.75, 3.05) is 7.05 Å². The summed E-state index contributed by atoms with van der Waals surface area (Å²) in [7, 11) is 1.55. The van der Waals surface area contributed by atoms with Crippen molar-refractivity contribution in [1.82, 2.24) is 10.7 Å². The number of nitrogens with one attached hydrogen (secondary N) is 2. The first-order valence-corrected chi connectivity index (χ1v) is 4.87. The Balaban J connectivity index is 2.76. The molecular formula is C11H15N3O. The van der Waals surface area contributed by atoms with E-state index < -0.39 is 0 Å². The summed E-state index contributed by atoms with van der Waals surface area (Å²) in [5.41, 5.74) is 4.30. The van der Waals surface area contributed by atoms with Crippen LogP contribution in [0.5, 0.6) is 0 Å². The van der Waals surface area contributed by atoms with E-state index in [1.807, 2.05) is 37.3 Å². The van der Waals surface area contributed by atoms with Crippen molar-refractivity contribution >= 4 is 11.7 Å². The quantitative estimate of drug-likeness (QED) is 0.573. The predicted octanol–water partition coefficient (Wildman–Crippen LogP) is 1.73. The van der Waals surface area contributed by atoms with Gasteiger partial charge in [-0.15, -0.1) is 0 Å². The minimum atomic E-state index is -0.308. The molecule has 1 aromatic carbocycles. The van der Waals surface area contributed by atoms with Crippen LogP contribution in [0.25, 0.3) is 0 Å². The second-order valence-electron chi connectivity index (χ2n) is 2.97. The van der Waals surface area contributed by atoms with Gasteiger partial charge in [-0.3, -0.25) is 0 Å². The Morgan fingerprint density at radius 2 is 2.00 bits per heavy atom. The topological polar surface area (TPSA) is 53.5 Å². The number of hydrogen-bond donors (Lipinski definition) is 2. The van der Waals surface area contributed by atoms with Crippen molar-refractivity contribution in [3.05, 3.63) is 35.9 Å². The Morgan fingerprint density at radius 1 is 1.33 bits per heavy atom. The van der Waals surface area contributed by atoms with Crippen LogP contribution < -0.4 is 10.7 Å². The van der Waals surface area contributed by atoms with Gasteiger partial charge in [0.15, 0.2) is 0 Å². The second kappa shape index (κ2) is 5.80. The van der Waals surface area contributed by atoms with Crippen LogP contribution in [0, 0.1) is 0 Å². The standard InChI is InChI=1S/C11H15N3O/c1-3-10(13-14-11(15)12-2)9-7-5-4-6-8-9/h4-8H,3H2,1-2H3,(H2,12,14,15)/b13-10+. The summed E-state index contributed by atoms with van der Waals surface area (Å²) in [6.07, 6.45) is 0.772. The van der Waals surface area contributed by atoms with Gasteiger partial charge in [-0.25, -0.2) is 10.2 Å². The minimum Gasteiger partial charge on any atom is -0.340 e. The largest absolute Gasteiger partial charge is 0.340 e. The summed E-state index contributed by atoms with van der Waals surface area (Å²) in [4.78, 5) is 10.9. The number of carbonyl (C=O) groups excluding carboxylic acids is 1. The fraction of sp³-hybridized carbons (Fsp3) is 0.273. The summed E-state index contributed by atoms with van der Waals surface area (Å²) in [5.74, 6) is 0. The summed E-state index contributed by atoms with van der Waals surface area (Å²) >= 11 is 0. The normalized spacial score (nSPS) is 10.9. The molecule has 0 unspecified atom stereocenters. The van der Waals surface area contributed by atoms with E-state index >= 15 is 0 Å². The molecule has 0 atom stereocenters. The molecule has 0 radical (unpaired) electrons. The zero-order valence-electron chi connectivity index (χ0n) is 8.95. The molecule has 0 saturated heterocycles. The van der Waals surface area contributed by atoms with Gasteiger partial charge in [0.2, 0.25) is 0 Å². The summed E-state index contributed by atoms with van der Waals surface area (Å²) < 4.78 is 0. The molecule has 0 aliphatic heterocycles. The monoisotopic (exact) mass is 205 g/mol. The minimum absolute atomic E-state index is 0.308. The first-order valence-electron chi connectivity index (χ1n) is 4.87. The molecule has 0 saturated carbocycles. The Hall–Kier alpha value is -1.84. The molecule has 0 heterocycles. The number of urea groups is 1. The van der Waals surface area contributed by atoms with Crippen LogP contribution in [-0.4, -0.2) is 18.8 Å². The first-order chi connectivity index (χ1) is 7.27. The first kappa shape index (κ1) is 11.2. The van der Waals surface area contributed by atoms with Crippen molar-refractivity contribution in [2.45, 2.75) is 13.3 Å². The number of rotatable bonds is 3. The van der Waals surface area contributed by atoms with E-state index in [4.69, 9.17) is 0 Å². The van der Waals surface area contributed by atoms with E-state index in [9.17, 15) is 4.79 Å². The van der Waals surface area contributed by atoms with Gasteiger partial charge in [-0.05, 0) is 12.0 Å². The van der Waals surface area contributed by atoms with E-state index in [1.54, 1.807) is 7.05 Å². The highest BCUT2D eigenvalue weighted by Crippen LogP contribution is 2.03. The van der Waals surface area contributed by atoms with Crippen LogP contribution in [0.1, 0.15) is 18.9 Å². The van der Waals surface area contributed by atoms with E-state index in [0.29, 0.717) is 0 Å².